The van der Waals surface area contributed by atoms with E-state index < -0.39 is 0 Å². The van der Waals surface area contributed by atoms with E-state index in [-0.39, 0.29) is 18.3 Å². The van der Waals surface area contributed by atoms with E-state index in [0.717, 1.165) is 35.3 Å². The summed E-state index contributed by atoms with van der Waals surface area (Å²) in [6.45, 7) is 2.00. The summed E-state index contributed by atoms with van der Waals surface area (Å²) in [4.78, 5) is 12.6. The van der Waals surface area contributed by atoms with Gasteiger partial charge in [-0.1, -0.05) is 0 Å². The number of piperidine rings is 1. The zero-order chi connectivity index (χ0) is 10.7. The molecule has 0 bridgehead atoms. The van der Waals surface area contributed by atoms with E-state index in [1.165, 1.54) is 11.3 Å². The Morgan fingerprint density at radius 2 is 2.19 bits per heavy atom. The van der Waals surface area contributed by atoms with Gasteiger partial charge in [0.1, 0.15) is 0 Å². The molecule has 0 saturated carbocycles. The molecule has 16 heavy (non-hydrogen) atoms. The molecule has 2 heterocycles. The van der Waals surface area contributed by atoms with Crippen LogP contribution in [0.25, 0.3) is 0 Å². The Labute approximate surface area is 114 Å². The second-order valence-electron chi connectivity index (χ2n) is 3.63. The first-order valence-corrected chi connectivity index (χ1v) is 6.68. The van der Waals surface area contributed by atoms with Gasteiger partial charge in [-0.15, -0.1) is 23.7 Å². The Morgan fingerprint density at radius 1 is 1.50 bits per heavy atom. The summed E-state index contributed by atoms with van der Waals surface area (Å²) in [6.07, 6.45) is 2.05. The Morgan fingerprint density at radius 3 is 2.75 bits per heavy atom. The largest absolute Gasteiger partial charge is 0.349 e. The van der Waals surface area contributed by atoms with Gasteiger partial charge in [-0.05, 0) is 47.9 Å². The van der Waals surface area contributed by atoms with Crippen LogP contribution in [0.4, 0.5) is 0 Å². The third kappa shape index (κ3) is 3.73. The third-order valence-corrected chi connectivity index (χ3v) is 4.16. The summed E-state index contributed by atoms with van der Waals surface area (Å²) in [5.74, 6) is 0.0533. The summed E-state index contributed by atoms with van der Waals surface area (Å²) >= 11 is 4.82. The standard InChI is InChI=1S/C10H13BrN2OS.ClH/c11-7-5-9(15-6-7)10(14)13-8-1-3-12-4-2-8;/h5-6,8,12H,1-4H2,(H,13,14);1H. The molecule has 0 aliphatic carbocycles. The van der Waals surface area contributed by atoms with Crippen molar-refractivity contribution in [1.82, 2.24) is 10.6 Å². The number of carbonyl (C=O) groups is 1. The van der Waals surface area contributed by atoms with Gasteiger partial charge in [0.25, 0.3) is 5.91 Å². The highest BCUT2D eigenvalue weighted by Gasteiger charge is 2.17. The van der Waals surface area contributed by atoms with E-state index in [1.807, 2.05) is 11.4 Å². The highest BCUT2D eigenvalue weighted by atomic mass is 79.9. The maximum absolute atomic E-state index is 11.8. The lowest BCUT2D eigenvalue weighted by molar-refractivity contribution is 0.0933. The molecule has 0 spiro atoms. The van der Waals surface area contributed by atoms with Crippen LogP contribution in [0.2, 0.25) is 0 Å². The second-order valence-corrected chi connectivity index (χ2v) is 5.45. The summed E-state index contributed by atoms with van der Waals surface area (Å²) in [6, 6.07) is 2.20. The number of rotatable bonds is 2. The topological polar surface area (TPSA) is 41.1 Å². The normalized spacial score (nSPS) is 16.6. The van der Waals surface area contributed by atoms with E-state index in [4.69, 9.17) is 0 Å². The van der Waals surface area contributed by atoms with E-state index in [1.54, 1.807) is 0 Å². The molecular formula is C10H14BrClN2OS. The number of hydrogen-bond donors (Lipinski definition) is 2. The van der Waals surface area contributed by atoms with Gasteiger partial charge in [0.2, 0.25) is 0 Å². The van der Waals surface area contributed by atoms with Crippen molar-refractivity contribution in [2.45, 2.75) is 18.9 Å². The molecule has 2 rings (SSSR count). The molecule has 0 unspecified atom stereocenters. The van der Waals surface area contributed by atoms with Crippen molar-refractivity contribution in [2.75, 3.05) is 13.1 Å². The van der Waals surface area contributed by atoms with Crippen LogP contribution in [0.1, 0.15) is 22.5 Å². The average molecular weight is 326 g/mol. The van der Waals surface area contributed by atoms with Crippen molar-refractivity contribution >= 4 is 45.6 Å². The van der Waals surface area contributed by atoms with E-state index in [0.29, 0.717) is 6.04 Å². The monoisotopic (exact) mass is 324 g/mol. The zero-order valence-corrected chi connectivity index (χ0v) is 11.9. The molecule has 90 valence electrons. The van der Waals surface area contributed by atoms with Gasteiger partial charge in [0.15, 0.2) is 0 Å². The Bertz CT molecular complexity index is 352. The molecule has 0 atom stereocenters. The van der Waals surface area contributed by atoms with Crippen LogP contribution in [0.15, 0.2) is 15.9 Å². The minimum atomic E-state index is 0. The minimum Gasteiger partial charge on any atom is -0.349 e. The fourth-order valence-corrected chi connectivity index (χ4v) is 2.98. The highest BCUT2D eigenvalue weighted by molar-refractivity contribution is 9.10. The molecule has 1 aliphatic heterocycles. The molecule has 1 aromatic heterocycles. The van der Waals surface area contributed by atoms with Crippen molar-refractivity contribution in [2.24, 2.45) is 0 Å². The van der Waals surface area contributed by atoms with Crippen molar-refractivity contribution in [3.63, 3.8) is 0 Å². The maximum Gasteiger partial charge on any atom is 0.261 e. The molecule has 1 aliphatic rings. The summed E-state index contributed by atoms with van der Waals surface area (Å²) < 4.78 is 0.975. The van der Waals surface area contributed by atoms with Crippen LogP contribution < -0.4 is 10.6 Å². The average Bonchev–Trinajstić information content (AvgIpc) is 2.66. The van der Waals surface area contributed by atoms with Gasteiger partial charge in [-0.25, -0.2) is 0 Å². The van der Waals surface area contributed by atoms with E-state index >= 15 is 0 Å². The van der Waals surface area contributed by atoms with Crippen molar-refractivity contribution in [1.29, 1.82) is 0 Å². The molecular weight excluding hydrogens is 312 g/mol. The quantitative estimate of drug-likeness (QED) is 0.877. The van der Waals surface area contributed by atoms with Crippen molar-refractivity contribution in [3.05, 3.63) is 20.8 Å². The lowest BCUT2D eigenvalue weighted by Crippen LogP contribution is -2.42. The van der Waals surface area contributed by atoms with Crippen molar-refractivity contribution < 1.29 is 4.79 Å². The van der Waals surface area contributed by atoms with Crippen LogP contribution in [-0.4, -0.2) is 25.0 Å². The van der Waals surface area contributed by atoms with Gasteiger partial charge >= 0.3 is 0 Å². The summed E-state index contributed by atoms with van der Waals surface area (Å²) in [5.41, 5.74) is 0. The Hall–Kier alpha value is -0.100. The minimum absolute atomic E-state index is 0. The summed E-state index contributed by atoms with van der Waals surface area (Å²) in [7, 11) is 0. The SMILES string of the molecule is Cl.O=C(NC1CCNCC1)c1cc(Br)cs1. The zero-order valence-electron chi connectivity index (χ0n) is 8.66. The van der Waals surface area contributed by atoms with Gasteiger partial charge < -0.3 is 10.6 Å². The van der Waals surface area contributed by atoms with Crippen LogP contribution in [0, 0.1) is 0 Å². The molecule has 1 saturated heterocycles. The molecule has 1 amide bonds. The van der Waals surface area contributed by atoms with Crippen LogP contribution in [0.3, 0.4) is 0 Å². The Kier molecular flexibility index (Phi) is 5.75. The molecule has 0 aromatic carbocycles. The third-order valence-electron chi connectivity index (χ3n) is 2.47. The number of halogens is 2. The number of carbonyl (C=O) groups excluding carboxylic acids is 1. The first-order valence-electron chi connectivity index (χ1n) is 5.01. The number of hydrogen-bond acceptors (Lipinski definition) is 3. The second kappa shape index (κ2) is 6.59. The van der Waals surface area contributed by atoms with Gasteiger partial charge in [-0.2, -0.15) is 0 Å². The Balaban J connectivity index is 0.00000128. The van der Waals surface area contributed by atoms with Gasteiger partial charge in [0.05, 0.1) is 4.88 Å². The lowest BCUT2D eigenvalue weighted by atomic mass is 10.1. The van der Waals surface area contributed by atoms with Crippen LogP contribution in [0.5, 0.6) is 0 Å². The predicted octanol–water partition coefficient (Wildman–Crippen LogP) is 2.41. The predicted molar refractivity (Wildman–Crippen MR) is 72.6 cm³/mol. The van der Waals surface area contributed by atoms with E-state index in [2.05, 4.69) is 26.6 Å². The molecule has 2 N–H and O–H groups in total. The molecule has 1 aromatic rings. The van der Waals surface area contributed by atoms with Gasteiger partial charge in [0, 0.05) is 15.9 Å². The van der Waals surface area contributed by atoms with Gasteiger partial charge in [-0.3, -0.25) is 4.79 Å². The molecule has 6 heteroatoms. The highest BCUT2D eigenvalue weighted by Crippen LogP contribution is 2.19. The van der Waals surface area contributed by atoms with E-state index in [9.17, 15) is 4.79 Å². The van der Waals surface area contributed by atoms with Crippen molar-refractivity contribution in [3.8, 4) is 0 Å². The number of thiophene rings is 1. The van der Waals surface area contributed by atoms with Crippen LogP contribution in [-0.2, 0) is 0 Å². The smallest absolute Gasteiger partial charge is 0.261 e. The number of nitrogens with one attached hydrogen (secondary N) is 2. The van der Waals surface area contributed by atoms with Crippen LogP contribution >= 0.6 is 39.7 Å². The fourth-order valence-electron chi connectivity index (χ4n) is 1.65. The molecule has 0 radical (unpaired) electrons. The summed E-state index contributed by atoms with van der Waals surface area (Å²) in [5, 5.41) is 8.26. The first-order chi connectivity index (χ1) is 7.25. The maximum atomic E-state index is 11.8. The number of amides is 1. The first kappa shape index (κ1) is 14.0. The lowest BCUT2D eigenvalue weighted by Gasteiger charge is -2.23. The fraction of sp³-hybridized carbons (Fsp3) is 0.500. The molecule has 1 fully saturated rings. The molecule has 3 nitrogen and oxygen atoms in total.